The molecule has 0 heterocycles. The van der Waals surface area contributed by atoms with E-state index >= 15 is 0 Å². The lowest BCUT2D eigenvalue weighted by Crippen LogP contribution is -2.14. The molecule has 0 saturated carbocycles. The third-order valence-electron chi connectivity index (χ3n) is 2.92. The Morgan fingerprint density at radius 2 is 1.61 bits per heavy atom. The Kier molecular flexibility index (Phi) is 4.80. The number of hydrogen-bond acceptors (Lipinski definition) is 1. The topological polar surface area (TPSA) is 12.0 Å². The van der Waals surface area contributed by atoms with Crippen molar-refractivity contribution in [2.45, 2.75) is 19.9 Å². The molecule has 0 fully saturated rings. The van der Waals surface area contributed by atoms with Crippen molar-refractivity contribution in [2.75, 3.05) is 6.54 Å². The Balaban J connectivity index is 2.30. The Hall–Kier alpha value is -1.31. The van der Waals surface area contributed by atoms with Crippen molar-refractivity contribution in [3.05, 3.63) is 59.1 Å². The van der Waals surface area contributed by atoms with E-state index < -0.39 is 0 Å². The summed E-state index contributed by atoms with van der Waals surface area (Å²) in [6.45, 7) is 4.10. The van der Waals surface area contributed by atoms with E-state index in [-0.39, 0.29) is 0 Å². The lowest BCUT2D eigenvalue weighted by Gasteiger charge is -2.11. The van der Waals surface area contributed by atoms with Gasteiger partial charge in [-0.05, 0) is 30.2 Å². The van der Waals surface area contributed by atoms with Crippen LogP contribution in [0.4, 0.5) is 0 Å². The molecule has 0 radical (unpaired) electrons. The number of halogens is 1. The zero-order valence-corrected chi connectivity index (χ0v) is 11.4. The van der Waals surface area contributed by atoms with E-state index in [1.807, 2.05) is 18.2 Å². The van der Waals surface area contributed by atoms with Crippen LogP contribution in [0.25, 0.3) is 11.1 Å². The van der Waals surface area contributed by atoms with Crippen LogP contribution in [0, 0.1) is 0 Å². The van der Waals surface area contributed by atoms with Crippen LogP contribution in [0.2, 0.25) is 5.02 Å². The average molecular weight is 260 g/mol. The third-order valence-corrected chi connectivity index (χ3v) is 3.25. The van der Waals surface area contributed by atoms with Gasteiger partial charge in [0.2, 0.25) is 0 Å². The average Bonchev–Trinajstić information content (AvgIpc) is 2.40. The largest absolute Gasteiger partial charge is 0.313 e. The highest BCUT2D eigenvalue weighted by atomic mass is 35.5. The highest BCUT2D eigenvalue weighted by Gasteiger charge is 2.06. The summed E-state index contributed by atoms with van der Waals surface area (Å²) in [7, 11) is 0. The summed E-state index contributed by atoms with van der Waals surface area (Å²) in [6, 6.07) is 16.4. The van der Waals surface area contributed by atoms with E-state index in [0.29, 0.717) is 0 Å². The zero-order valence-electron chi connectivity index (χ0n) is 10.6. The SMILES string of the molecule is CCCNCc1ccccc1-c1ccccc1Cl. The molecule has 0 aromatic heterocycles. The van der Waals surface area contributed by atoms with Gasteiger partial charge in [0.1, 0.15) is 0 Å². The van der Waals surface area contributed by atoms with Crippen molar-refractivity contribution in [1.29, 1.82) is 0 Å². The van der Waals surface area contributed by atoms with Crippen LogP contribution in [-0.2, 0) is 6.54 Å². The standard InChI is InChI=1S/C16H18ClN/c1-2-11-18-12-13-7-3-4-8-14(13)15-9-5-6-10-16(15)17/h3-10,18H,2,11-12H2,1H3. The van der Waals surface area contributed by atoms with Crippen molar-refractivity contribution in [1.82, 2.24) is 5.32 Å². The van der Waals surface area contributed by atoms with Crippen LogP contribution >= 0.6 is 11.6 Å². The molecular weight excluding hydrogens is 242 g/mol. The van der Waals surface area contributed by atoms with Crippen molar-refractivity contribution in [2.24, 2.45) is 0 Å². The van der Waals surface area contributed by atoms with Gasteiger partial charge in [-0.2, -0.15) is 0 Å². The maximum absolute atomic E-state index is 6.27. The molecule has 2 heteroatoms. The van der Waals surface area contributed by atoms with Crippen LogP contribution < -0.4 is 5.32 Å². The monoisotopic (exact) mass is 259 g/mol. The Morgan fingerprint density at radius 3 is 2.33 bits per heavy atom. The lowest BCUT2D eigenvalue weighted by molar-refractivity contribution is 0.676. The number of hydrogen-bond donors (Lipinski definition) is 1. The van der Waals surface area contributed by atoms with E-state index in [1.54, 1.807) is 0 Å². The predicted molar refractivity (Wildman–Crippen MR) is 78.9 cm³/mol. The molecular formula is C16H18ClN. The molecule has 0 amide bonds. The molecule has 94 valence electrons. The Morgan fingerprint density at radius 1 is 0.944 bits per heavy atom. The fourth-order valence-electron chi connectivity index (χ4n) is 2.02. The summed E-state index contributed by atoms with van der Waals surface area (Å²) in [4.78, 5) is 0. The molecule has 2 aromatic rings. The molecule has 2 rings (SSSR count). The molecule has 0 aliphatic carbocycles. The summed E-state index contributed by atoms with van der Waals surface area (Å²) < 4.78 is 0. The van der Waals surface area contributed by atoms with Crippen LogP contribution in [0.5, 0.6) is 0 Å². The molecule has 0 aliphatic rings. The molecule has 1 nitrogen and oxygen atoms in total. The molecule has 0 unspecified atom stereocenters. The minimum Gasteiger partial charge on any atom is -0.313 e. The van der Waals surface area contributed by atoms with Gasteiger partial charge in [0, 0.05) is 17.1 Å². The van der Waals surface area contributed by atoms with Gasteiger partial charge in [0.05, 0.1) is 0 Å². The third kappa shape index (κ3) is 3.12. The van der Waals surface area contributed by atoms with E-state index in [0.717, 1.165) is 30.1 Å². The van der Waals surface area contributed by atoms with Gasteiger partial charge in [-0.25, -0.2) is 0 Å². The minimum atomic E-state index is 0.806. The van der Waals surface area contributed by atoms with Gasteiger partial charge in [0.25, 0.3) is 0 Å². The van der Waals surface area contributed by atoms with E-state index in [1.165, 1.54) is 11.1 Å². The molecule has 0 bridgehead atoms. The van der Waals surface area contributed by atoms with Crippen LogP contribution in [0.15, 0.2) is 48.5 Å². The fraction of sp³-hybridized carbons (Fsp3) is 0.250. The van der Waals surface area contributed by atoms with Gasteiger partial charge in [0.15, 0.2) is 0 Å². The zero-order chi connectivity index (χ0) is 12.8. The number of benzene rings is 2. The first kappa shape index (κ1) is 13.1. The molecule has 0 aliphatic heterocycles. The summed E-state index contributed by atoms with van der Waals surface area (Å²) >= 11 is 6.27. The van der Waals surface area contributed by atoms with Gasteiger partial charge in [-0.1, -0.05) is 61.0 Å². The highest BCUT2D eigenvalue weighted by Crippen LogP contribution is 2.30. The lowest BCUT2D eigenvalue weighted by atomic mass is 9.99. The highest BCUT2D eigenvalue weighted by molar-refractivity contribution is 6.33. The smallest absolute Gasteiger partial charge is 0.0484 e. The first-order chi connectivity index (χ1) is 8.83. The van der Waals surface area contributed by atoms with Gasteiger partial charge >= 0.3 is 0 Å². The maximum Gasteiger partial charge on any atom is 0.0484 e. The Labute approximate surface area is 114 Å². The quantitative estimate of drug-likeness (QED) is 0.780. The van der Waals surface area contributed by atoms with Crippen molar-refractivity contribution in [3.63, 3.8) is 0 Å². The van der Waals surface area contributed by atoms with E-state index in [4.69, 9.17) is 11.6 Å². The van der Waals surface area contributed by atoms with E-state index in [9.17, 15) is 0 Å². The minimum absolute atomic E-state index is 0.806. The number of rotatable bonds is 5. The first-order valence-corrected chi connectivity index (χ1v) is 6.74. The Bertz CT molecular complexity index is 508. The van der Waals surface area contributed by atoms with Gasteiger partial charge in [-0.3, -0.25) is 0 Å². The summed E-state index contributed by atoms with van der Waals surface area (Å²) in [5.41, 5.74) is 3.61. The van der Waals surface area contributed by atoms with Crippen molar-refractivity contribution >= 4 is 11.6 Å². The molecule has 0 atom stereocenters. The molecule has 18 heavy (non-hydrogen) atoms. The van der Waals surface area contributed by atoms with Crippen molar-refractivity contribution in [3.8, 4) is 11.1 Å². The van der Waals surface area contributed by atoms with E-state index in [2.05, 4.69) is 42.6 Å². The molecule has 0 spiro atoms. The second-order valence-corrected chi connectivity index (χ2v) is 4.72. The maximum atomic E-state index is 6.27. The number of nitrogens with one attached hydrogen (secondary N) is 1. The second-order valence-electron chi connectivity index (χ2n) is 4.31. The molecule has 1 N–H and O–H groups in total. The van der Waals surface area contributed by atoms with Crippen LogP contribution in [0.3, 0.4) is 0 Å². The molecule has 2 aromatic carbocycles. The van der Waals surface area contributed by atoms with Gasteiger partial charge < -0.3 is 5.32 Å². The summed E-state index contributed by atoms with van der Waals surface area (Å²) in [6.07, 6.45) is 1.15. The fourth-order valence-corrected chi connectivity index (χ4v) is 2.25. The normalized spacial score (nSPS) is 10.6. The van der Waals surface area contributed by atoms with Crippen molar-refractivity contribution < 1.29 is 0 Å². The first-order valence-electron chi connectivity index (χ1n) is 6.36. The van der Waals surface area contributed by atoms with Crippen LogP contribution in [-0.4, -0.2) is 6.54 Å². The van der Waals surface area contributed by atoms with Crippen LogP contribution in [0.1, 0.15) is 18.9 Å². The summed E-state index contributed by atoms with van der Waals surface area (Å²) in [5.74, 6) is 0. The van der Waals surface area contributed by atoms with Gasteiger partial charge in [-0.15, -0.1) is 0 Å². The predicted octanol–water partition coefficient (Wildman–Crippen LogP) is 4.51. The summed E-state index contributed by atoms with van der Waals surface area (Å²) in [5, 5.41) is 4.24. The second kappa shape index (κ2) is 6.58. The molecule has 0 saturated heterocycles.